The number of ketones is 1. The summed E-state index contributed by atoms with van der Waals surface area (Å²) in [4.78, 5) is 51.9. The summed E-state index contributed by atoms with van der Waals surface area (Å²) in [6, 6.07) is 27.7. The number of halogens is 1. The minimum Gasteiger partial charge on any atom is -0.454 e. The molecule has 4 aromatic carbocycles. The Labute approximate surface area is 215 Å². The highest BCUT2D eigenvalue weighted by atomic mass is 79.9. The number of Topliss-reactive ketones (excluding diaryl/α,β-unsaturated/α-hetero) is 1. The van der Waals surface area contributed by atoms with Gasteiger partial charge in [0.2, 0.25) is 0 Å². The third-order valence-corrected chi connectivity index (χ3v) is 6.33. The SMILES string of the molecule is O=C(COC(=O)c1cccc(N2C(=O)c3ccc(Br)cc3C2=O)c1)c1ccc(-c2ccccc2)cc1. The predicted molar refractivity (Wildman–Crippen MR) is 138 cm³/mol. The van der Waals surface area contributed by atoms with Crippen LogP contribution in [0.3, 0.4) is 0 Å². The number of benzene rings is 4. The lowest BCUT2D eigenvalue weighted by Gasteiger charge is -2.14. The van der Waals surface area contributed by atoms with Gasteiger partial charge in [0.1, 0.15) is 0 Å². The second-order valence-electron chi connectivity index (χ2n) is 8.13. The zero-order chi connectivity index (χ0) is 25.2. The van der Waals surface area contributed by atoms with Gasteiger partial charge in [0.25, 0.3) is 11.8 Å². The van der Waals surface area contributed by atoms with Crippen LogP contribution in [0, 0.1) is 0 Å². The van der Waals surface area contributed by atoms with Crippen LogP contribution in [0.4, 0.5) is 5.69 Å². The molecule has 0 saturated heterocycles. The molecule has 0 saturated carbocycles. The van der Waals surface area contributed by atoms with Crippen LogP contribution in [0.25, 0.3) is 11.1 Å². The lowest BCUT2D eigenvalue weighted by molar-refractivity contribution is 0.0474. The molecule has 1 aliphatic rings. The molecule has 36 heavy (non-hydrogen) atoms. The molecule has 0 N–H and O–H groups in total. The van der Waals surface area contributed by atoms with Crippen LogP contribution in [0.2, 0.25) is 0 Å². The van der Waals surface area contributed by atoms with E-state index in [0.29, 0.717) is 15.6 Å². The number of hydrogen-bond acceptors (Lipinski definition) is 5. The van der Waals surface area contributed by atoms with E-state index in [-0.39, 0.29) is 22.6 Å². The van der Waals surface area contributed by atoms with Gasteiger partial charge in [-0.25, -0.2) is 9.69 Å². The minimum atomic E-state index is -0.731. The topological polar surface area (TPSA) is 80.8 Å². The molecule has 0 atom stereocenters. The van der Waals surface area contributed by atoms with Crippen molar-refractivity contribution in [2.45, 2.75) is 0 Å². The maximum Gasteiger partial charge on any atom is 0.338 e. The van der Waals surface area contributed by atoms with E-state index in [9.17, 15) is 19.2 Å². The van der Waals surface area contributed by atoms with Crippen LogP contribution in [0.1, 0.15) is 41.4 Å². The van der Waals surface area contributed by atoms with Crippen molar-refractivity contribution in [1.82, 2.24) is 0 Å². The number of rotatable bonds is 6. The fourth-order valence-electron chi connectivity index (χ4n) is 4.00. The van der Waals surface area contributed by atoms with Gasteiger partial charge in [-0.3, -0.25) is 14.4 Å². The fraction of sp³-hybridized carbons (Fsp3) is 0.0345. The molecule has 6 nitrogen and oxygen atoms in total. The Morgan fingerprint density at radius 3 is 2.14 bits per heavy atom. The molecule has 4 aromatic rings. The first-order valence-electron chi connectivity index (χ1n) is 11.1. The smallest absolute Gasteiger partial charge is 0.338 e. The van der Waals surface area contributed by atoms with Gasteiger partial charge in [-0.1, -0.05) is 76.6 Å². The van der Waals surface area contributed by atoms with Crippen molar-refractivity contribution in [2.24, 2.45) is 0 Å². The third kappa shape index (κ3) is 4.48. The van der Waals surface area contributed by atoms with Crippen LogP contribution >= 0.6 is 15.9 Å². The molecule has 0 spiro atoms. The molecule has 2 amide bonds. The summed E-state index contributed by atoms with van der Waals surface area (Å²) < 4.78 is 5.91. The van der Waals surface area contributed by atoms with E-state index in [1.54, 1.807) is 42.5 Å². The van der Waals surface area contributed by atoms with Gasteiger partial charge in [-0.2, -0.15) is 0 Å². The van der Waals surface area contributed by atoms with Gasteiger partial charge in [-0.05, 0) is 47.5 Å². The lowest BCUT2D eigenvalue weighted by atomic mass is 10.0. The highest BCUT2D eigenvalue weighted by molar-refractivity contribution is 9.10. The van der Waals surface area contributed by atoms with E-state index in [0.717, 1.165) is 16.0 Å². The molecule has 0 aromatic heterocycles. The van der Waals surface area contributed by atoms with E-state index >= 15 is 0 Å². The Morgan fingerprint density at radius 2 is 1.39 bits per heavy atom. The molecule has 1 aliphatic heterocycles. The van der Waals surface area contributed by atoms with Crippen molar-refractivity contribution < 1.29 is 23.9 Å². The molecule has 0 radical (unpaired) electrons. The average Bonchev–Trinajstić information content (AvgIpc) is 3.16. The standard InChI is InChI=1S/C29H18BrNO5/c30-22-13-14-24-25(16-22)28(34)31(27(24)33)23-8-4-7-21(15-23)29(35)36-17-26(32)20-11-9-19(10-12-20)18-5-2-1-3-6-18/h1-16H,17H2. The van der Waals surface area contributed by atoms with Crippen molar-refractivity contribution >= 4 is 45.2 Å². The van der Waals surface area contributed by atoms with Crippen molar-refractivity contribution in [2.75, 3.05) is 11.5 Å². The Kier molecular flexibility index (Phi) is 6.31. The molecule has 5 rings (SSSR count). The van der Waals surface area contributed by atoms with Crippen LogP contribution in [-0.4, -0.2) is 30.2 Å². The monoisotopic (exact) mass is 539 g/mol. The summed E-state index contributed by atoms with van der Waals surface area (Å²) in [5.41, 5.74) is 3.38. The maximum atomic E-state index is 12.9. The minimum absolute atomic E-state index is 0.123. The number of imide groups is 1. The Balaban J connectivity index is 1.26. The average molecular weight is 540 g/mol. The zero-order valence-electron chi connectivity index (χ0n) is 18.8. The first kappa shape index (κ1) is 23.4. The lowest BCUT2D eigenvalue weighted by Crippen LogP contribution is -2.29. The summed E-state index contributed by atoms with van der Waals surface area (Å²) in [7, 11) is 0. The van der Waals surface area contributed by atoms with Crippen molar-refractivity contribution in [3.63, 3.8) is 0 Å². The number of ether oxygens (including phenoxy) is 1. The summed E-state index contributed by atoms with van der Waals surface area (Å²) in [6.45, 7) is -0.436. The number of fused-ring (bicyclic) bond motifs is 1. The molecular weight excluding hydrogens is 522 g/mol. The highest BCUT2D eigenvalue weighted by Crippen LogP contribution is 2.30. The first-order valence-corrected chi connectivity index (χ1v) is 11.9. The predicted octanol–water partition coefficient (Wildman–Crippen LogP) is 5.96. The second-order valence-corrected chi connectivity index (χ2v) is 9.04. The molecule has 176 valence electrons. The first-order chi connectivity index (χ1) is 17.4. The molecule has 0 fully saturated rings. The zero-order valence-corrected chi connectivity index (χ0v) is 20.4. The van der Waals surface area contributed by atoms with E-state index in [2.05, 4.69) is 15.9 Å². The van der Waals surface area contributed by atoms with E-state index in [1.165, 1.54) is 12.1 Å². The number of carbonyl (C=O) groups excluding carboxylic acids is 4. The van der Waals surface area contributed by atoms with Gasteiger partial charge in [0, 0.05) is 10.0 Å². The summed E-state index contributed by atoms with van der Waals surface area (Å²) in [5, 5.41) is 0. The largest absolute Gasteiger partial charge is 0.454 e. The third-order valence-electron chi connectivity index (χ3n) is 5.84. The Bertz CT molecular complexity index is 1510. The molecular formula is C29H18BrNO5. The molecule has 0 unspecified atom stereocenters. The van der Waals surface area contributed by atoms with Gasteiger partial charge < -0.3 is 4.74 Å². The maximum absolute atomic E-state index is 12.9. The molecule has 0 aliphatic carbocycles. The molecule has 0 bridgehead atoms. The van der Waals surface area contributed by atoms with E-state index in [1.807, 2.05) is 42.5 Å². The van der Waals surface area contributed by atoms with Crippen molar-refractivity contribution in [3.8, 4) is 11.1 Å². The van der Waals surface area contributed by atoms with Gasteiger partial charge >= 0.3 is 5.97 Å². The highest BCUT2D eigenvalue weighted by Gasteiger charge is 2.37. The van der Waals surface area contributed by atoms with Gasteiger partial charge in [0.05, 0.1) is 22.4 Å². The van der Waals surface area contributed by atoms with E-state index in [4.69, 9.17) is 4.74 Å². The number of amides is 2. The fourth-order valence-corrected chi connectivity index (χ4v) is 4.36. The molecule has 7 heteroatoms. The van der Waals surface area contributed by atoms with Crippen LogP contribution in [0.5, 0.6) is 0 Å². The summed E-state index contributed by atoms with van der Waals surface area (Å²) in [6.07, 6.45) is 0. The van der Waals surface area contributed by atoms with Crippen LogP contribution in [-0.2, 0) is 4.74 Å². The molecule has 1 heterocycles. The number of carbonyl (C=O) groups is 4. The number of nitrogens with zero attached hydrogens (tertiary/aromatic N) is 1. The number of esters is 1. The van der Waals surface area contributed by atoms with Crippen LogP contribution < -0.4 is 4.90 Å². The van der Waals surface area contributed by atoms with Crippen molar-refractivity contribution in [3.05, 3.63) is 124 Å². The van der Waals surface area contributed by atoms with E-state index < -0.39 is 24.4 Å². The summed E-state index contributed by atoms with van der Waals surface area (Å²) in [5.74, 6) is -2.02. The number of anilines is 1. The van der Waals surface area contributed by atoms with Crippen LogP contribution in [0.15, 0.2) is 102 Å². The normalized spacial score (nSPS) is 12.4. The van der Waals surface area contributed by atoms with Crippen molar-refractivity contribution in [1.29, 1.82) is 0 Å². The summed E-state index contributed by atoms with van der Waals surface area (Å²) >= 11 is 3.31. The van der Waals surface area contributed by atoms with Gasteiger partial charge in [0.15, 0.2) is 12.4 Å². The van der Waals surface area contributed by atoms with Gasteiger partial charge in [-0.15, -0.1) is 0 Å². The Morgan fingerprint density at radius 1 is 0.694 bits per heavy atom. The Hall–Kier alpha value is -4.36. The number of hydrogen-bond donors (Lipinski definition) is 0. The quantitative estimate of drug-likeness (QED) is 0.171. The second kappa shape index (κ2) is 9.71.